The molecule has 0 amide bonds. The van der Waals surface area contributed by atoms with Crippen LogP contribution in [-0.4, -0.2) is 12.4 Å². The zero-order valence-electron chi connectivity index (χ0n) is 11.6. The summed E-state index contributed by atoms with van der Waals surface area (Å²) in [7, 11) is 0. The molecule has 1 aromatic carbocycles. The maximum absolute atomic E-state index is 11.6. The van der Waals surface area contributed by atoms with E-state index in [-0.39, 0.29) is 11.7 Å². The van der Waals surface area contributed by atoms with E-state index >= 15 is 0 Å². The highest BCUT2D eigenvalue weighted by molar-refractivity contribution is 6.35. The first-order valence-corrected chi connectivity index (χ1v) is 7.34. The molecule has 0 bridgehead atoms. The lowest BCUT2D eigenvalue weighted by Crippen LogP contribution is -2.07. The minimum absolute atomic E-state index is 0.0920. The van der Waals surface area contributed by atoms with Gasteiger partial charge in [-0.05, 0) is 37.5 Å². The molecule has 0 aliphatic rings. The third-order valence-electron chi connectivity index (χ3n) is 2.89. The fraction of sp³-hybridized carbons (Fsp3) is 0.533. The number of benzene rings is 1. The van der Waals surface area contributed by atoms with Crippen LogP contribution in [0.25, 0.3) is 0 Å². The third kappa shape index (κ3) is 5.04. The van der Waals surface area contributed by atoms with E-state index in [0.717, 1.165) is 18.4 Å². The lowest BCUT2D eigenvalue weighted by Gasteiger charge is -2.13. The Hall–Kier alpha value is -0.730. The molecule has 106 valence electrons. The third-order valence-corrected chi connectivity index (χ3v) is 3.39. The number of halogens is 2. The highest BCUT2D eigenvalue weighted by Gasteiger charge is 2.12. The number of aryl methyl sites for hydroxylation is 1. The molecule has 0 unspecified atom stereocenters. The summed E-state index contributed by atoms with van der Waals surface area (Å²) in [5, 5.41) is 1.12. The van der Waals surface area contributed by atoms with Crippen LogP contribution in [0.15, 0.2) is 12.1 Å². The second-order valence-corrected chi connectivity index (χ2v) is 5.63. The van der Waals surface area contributed by atoms with E-state index in [0.29, 0.717) is 28.8 Å². The lowest BCUT2D eigenvalue weighted by atomic mass is 10.0. The molecule has 1 rings (SSSR count). The van der Waals surface area contributed by atoms with E-state index < -0.39 is 0 Å². The Morgan fingerprint density at radius 2 is 2.00 bits per heavy atom. The van der Waals surface area contributed by atoms with Gasteiger partial charge in [0, 0.05) is 17.4 Å². The Bertz CT molecular complexity index is 442. The topological polar surface area (TPSA) is 26.3 Å². The van der Waals surface area contributed by atoms with Gasteiger partial charge in [0.2, 0.25) is 0 Å². The maximum Gasteiger partial charge on any atom is 0.141 e. The van der Waals surface area contributed by atoms with Gasteiger partial charge in [-0.2, -0.15) is 0 Å². The van der Waals surface area contributed by atoms with Crippen LogP contribution in [0.5, 0.6) is 5.75 Å². The van der Waals surface area contributed by atoms with E-state index in [2.05, 4.69) is 0 Å². The number of rotatable bonds is 7. The van der Waals surface area contributed by atoms with Crippen molar-refractivity contribution in [2.24, 2.45) is 5.92 Å². The molecule has 0 aliphatic heterocycles. The molecule has 0 heterocycles. The zero-order chi connectivity index (χ0) is 14.4. The Morgan fingerprint density at radius 1 is 1.32 bits per heavy atom. The highest BCUT2D eigenvalue weighted by atomic mass is 35.5. The molecule has 0 saturated carbocycles. The summed E-state index contributed by atoms with van der Waals surface area (Å²) in [4.78, 5) is 11.6. The molecule has 0 N–H and O–H groups in total. The lowest BCUT2D eigenvalue weighted by molar-refractivity contribution is -0.121. The zero-order valence-corrected chi connectivity index (χ0v) is 13.1. The van der Waals surface area contributed by atoms with Crippen molar-refractivity contribution in [2.75, 3.05) is 6.61 Å². The van der Waals surface area contributed by atoms with Crippen LogP contribution in [0.1, 0.15) is 39.2 Å². The molecular formula is C15H20Cl2O2. The number of Topliss-reactive ketones (excluding diaryl/α,β-unsaturated/α-hetero) is 1. The number of hydrogen-bond acceptors (Lipinski definition) is 2. The molecule has 1 aromatic rings. The van der Waals surface area contributed by atoms with Crippen LogP contribution in [0.4, 0.5) is 0 Å². The number of carbonyl (C=O) groups excluding carboxylic acids is 1. The number of ether oxygens (including phenoxy) is 1. The van der Waals surface area contributed by atoms with Gasteiger partial charge in [-0.1, -0.05) is 37.0 Å². The van der Waals surface area contributed by atoms with Crippen molar-refractivity contribution in [3.8, 4) is 5.75 Å². The molecule has 4 heteroatoms. The predicted molar refractivity (Wildman–Crippen MR) is 80.4 cm³/mol. The molecule has 0 radical (unpaired) electrons. The molecule has 19 heavy (non-hydrogen) atoms. The summed E-state index contributed by atoms with van der Waals surface area (Å²) >= 11 is 12.1. The average molecular weight is 303 g/mol. The second-order valence-electron chi connectivity index (χ2n) is 4.78. The number of carbonyl (C=O) groups is 1. The number of hydrogen-bond donors (Lipinski definition) is 0. The monoisotopic (exact) mass is 302 g/mol. The fourth-order valence-corrected chi connectivity index (χ4v) is 2.44. The van der Waals surface area contributed by atoms with Gasteiger partial charge in [0.15, 0.2) is 0 Å². The maximum atomic E-state index is 11.6. The Labute approximate surface area is 125 Å². The van der Waals surface area contributed by atoms with Crippen molar-refractivity contribution in [2.45, 2.75) is 40.0 Å². The Morgan fingerprint density at radius 3 is 2.58 bits per heavy atom. The van der Waals surface area contributed by atoms with Gasteiger partial charge >= 0.3 is 0 Å². The summed E-state index contributed by atoms with van der Waals surface area (Å²) in [6, 6.07) is 3.54. The van der Waals surface area contributed by atoms with Crippen LogP contribution in [0.3, 0.4) is 0 Å². The largest absolute Gasteiger partial charge is 0.492 e. The van der Waals surface area contributed by atoms with Gasteiger partial charge in [0.1, 0.15) is 11.5 Å². The van der Waals surface area contributed by atoms with E-state index in [1.807, 2.05) is 26.8 Å². The number of ketones is 1. The van der Waals surface area contributed by atoms with Crippen molar-refractivity contribution in [1.82, 2.24) is 0 Å². The first-order valence-electron chi connectivity index (χ1n) is 6.59. The van der Waals surface area contributed by atoms with Gasteiger partial charge in [0.25, 0.3) is 0 Å². The van der Waals surface area contributed by atoms with E-state index in [1.54, 1.807) is 6.07 Å². The van der Waals surface area contributed by atoms with Gasteiger partial charge < -0.3 is 4.74 Å². The summed E-state index contributed by atoms with van der Waals surface area (Å²) in [5.41, 5.74) is 0.968. The first kappa shape index (κ1) is 16.3. The van der Waals surface area contributed by atoms with Crippen LogP contribution in [-0.2, 0) is 11.2 Å². The normalized spacial score (nSPS) is 10.8. The average Bonchev–Trinajstić information content (AvgIpc) is 2.33. The molecule has 0 aliphatic carbocycles. The molecule has 0 fully saturated rings. The molecule has 2 nitrogen and oxygen atoms in total. The van der Waals surface area contributed by atoms with Crippen molar-refractivity contribution >= 4 is 29.0 Å². The van der Waals surface area contributed by atoms with E-state index in [4.69, 9.17) is 27.9 Å². The second kappa shape index (κ2) is 7.76. The molecule has 0 aromatic heterocycles. The quantitative estimate of drug-likeness (QED) is 0.713. The van der Waals surface area contributed by atoms with Gasteiger partial charge in [-0.15, -0.1) is 0 Å². The SMILES string of the molecule is CCOc1c(Cl)cc(Cl)cc1CCCC(=O)C(C)C. The van der Waals surface area contributed by atoms with Crippen molar-refractivity contribution < 1.29 is 9.53 Å². The van der Waals surface area contributed by atoms with E-state index in [9.17, 15) is 4.79 Å². The molecular weight excluding hydrogens is 283 g/mol. The van der Waals surface area contributed by atoms with Gasteiger partial charge in [-0.3, -0.25) is 4.79 Å². The minimum atomic E-state index is 0.0920. The van der Waals surface area contributed by atoms with Gasteiger partial charge in [0.05, 0.1) is 11.6 Å². The smallest absolute Gasteiger partial charge is 0.141 e. The van der Waals surface area contributed by atoms with Crippen molar-refractivity contribution in [3.05, 3.63) is 27.7 Å². The molecule has 0 saturated heterocycles. The Kier molecular flexibility index (Phi) is 6.67. The van der Waals surface area contributed by atoms with Crippen LogP contribution >= 0.6 is 23.2 Å². The van der Waals surface area contributed by atoms with Crippen molar-refractivity contribution in [3.63, 3.8) is 0 Å². The Balaban J connectivity index is 2.73. The molecule has 0 spiro atoms. The fourth-order valence-electron chi connectivity index (χ4n) is 1.85. The summed E-state index contributed by atoms with van der Waals surface area (Å²) in [6.07, 6.45) is 2.11. The predicted octanol–water partition coefficient (Wildman–Crippen LogP) is 4.94. The van der Waals surface area contributed by atoms with Gasteiger partial charge in [-0.25, -0.2) is 0 Å². The van der Waals surface area contributed by atoms with Crippen LogP contribution in [0, 0.1) is 5.92 Å². The minimum Gasteiger partial charge on any atom is -0.492 e. The highest BCUT2D eigenvalue weighted by Crippen LogP contribution is 2.33. The summed E-state index contributed by atoms with van der Waals surface area (Å²) in [6.45, 7) is 6.31. The standard InChI is InChI=1S/C15H20Cl2O2/c1-4-19-15-11(8-12(16)9-13(15)17)6-5-7-14(18)10(2)3/h8-10H,4-7H2,1-3H3. The molecule has 0 atom stereocenters. The summed E-state index contributed by atoms with van der Waals surface area (Å²) < 4.78 is 5.55. The first-order chi connectivity index (χ1) is 8.95. The summed E-state index contributed by atoms with van der Waals surface area (Å²) in [5.74, 6) is 1.06. The van der Waals surface area contributed by atoms with Crippen molar-refractivity contribution in [1.29, 1.82) is 0 Å². The van der Waals surface area contributed by atoms with Crippen LogP contribution in [0.2, 0.25) is 10.0 Å². The van der Waals surface area contributed by atoms with Crippen LogP contribution < -0.4 is 4.74 Å². The van der Waals surface area contributed by atoms with E-state index in [1.165, 1.54) is 0 Å².